The van der Waals surface area contributed by atoms with E-state index in [1.165, 1.54) is 5.56 Å². The fourth-order valence-corrected chi connectivity index (χ4v) is 1.58. The van der Waals surface area contributed by atoms with E-state index in [0.29, 0.717) is 24.4 Å². The molecule has 0 atom stereocenters. The number of aliphatic hydroxyl groups excluding tert-OH is 1. The van der Waals surface area contributed by atoms with Gasteiger partial charge in [-0.3, -0.25) is 0 Å². The predicted octanol–water partition coefficient (Wildman–Crippen LogP) is 2.26. The molecule has 0 aliphatic carbocycles. The summed E-state index contributed by atoms with van der Waals surface area (Å²) in [4.78, 5) is 0. The number of nitrogens with one attached hydrogen (secondary N) is 1. The van der Waals surface area contributed by atoms with Gasteiger partial charge in [-0.2, -0.15) is 0 Å². The molecule has 0 aliphatic rings. The highest BCUT2D eigenvalue weighted by Crippen LogP contribution is 2.22. The number of hydrogen-bond donors (Lipinski definition) is 2. The zero-order valence-corrected chi connectivity index (χ0v) is 10.6. The summed E-state index contributed by atoms with van der Waals surface area (Å²) in [7, 11) is 0. The van der Waals surface area contributed by atoms with Gasteiger partial charge in [0.15, 0.2) is 0 Å². The van der Waals surface area contributed by atoms with Crippen molar-refractivity contribution in [2.24, 2.45) is 0 Å². The first-order chi connectivity index (χ1) is 8.70. The van der Waals surface area contributed by atoms with Gasteiger partial charge < -0.3 is 14.8 Å². The average molecular weight is 247 g/mol. The number of aliphatic hydroxyl groups is 1. The lowest BCUT2D eigenvalue weighted by molar-refractivity contribution is 0.309. The average Bonchev–Trinajstić information content (AvgIpc) is 2.85. The third kappa shape index (κ3) is 2.87. The van der Waals surface area contributed by atoms with Crippen LogP contribution in [0.5, 0.6) is 0 Å². The summed E-state index contributed by atoms with van der Waals surface area (Å²) in [5, 5.41) is 19.3. The van der Waals surface area contributed by atoms with E-state index in [1.807, 2.05) is 12.1 Å². The Bertz CT molecular complexity index is 491. The van der Waals surface area contributed by atoms with Crippen LogP contribution >= 0.6 is 0 Å². The largest absolute Gasteiger partial charge is 0.403 e. The van der Waals surface area contributed by atoms with Crippen molar-refractivity contribution >= 4 is 6.01 Å². The first-order valence-corrected chi connectivity index (χ1v) is 5.99. The van der Waals surface area contributed by atoms with Gasteiger partial charge in [-0.15, -0.1) is 5.10 Å². The number of rotatable bonds is 5. The van der Waals surface area contributed by atoms with Crippen LogP contribution in [0.25, 0.3) is 11.5 Å². The predicted molar refractivity (Wildman–Crippen MR) is 69.4 cm³/mol. The summed E-state index contributed by atoms with van der Waals surface area (Å²) in [6, 6.07) is 8.39. The van der Waals surface area contributed by atoms with Crippen LogP contribution < -0.4 is 5.32 Å². The van der Waals surface area contributed by atoms with Crippen molar-refractivity contribution in [2.75, 3.05) is 18.5 Å². The molecule has 2 rings (SSSR count). The van der Waals surface area contributed by atoms with Crippen LogP contribution in [0.4, 0.5) is 6.01 Å². The number of aromatic nitrogens is 2. The maximum absolute atomic E-state index is 8.68. The maximum atomic E-state index is 8.68. The van der Waals surface area contributed by atoms with Crippen LogP contribution in [0.1, 0.15) is 25.3 Å². The topological polar surface area (TPSA) is 71.2 Å². The normalized spacial score (nSPS) is 10.9. The van der Waals surface area contributed by atoms with Crippen LogP contribution in [-0.2, 0) is 0 Å². The van der Waals surface area contributed by atoms with Crippen molar-refractivity contribution in [3.05, 3.63) is 29.8 Å². The van der Waals surface area contributed by atoms with E-state index in [-0.39, 0.29) is 6.61 Å². The summed E-state index contributed by atoms with van der Waals surface area (Å²) >= 11 is 0. The van der Waals surface area contributed by atoms with Crippen molar-refractivity contribution in [1.29, 1.82) is 0 Å². The standard InChI is InChI=1S/C13H17N3O2/c1-9(2)10-3-5-11(6-4-10)12-15-16-13(18-12)14-7-8-17/h3-6,9,17H,7-8H2,1-2H3,(H,14,16). The summed E-state index contributed by atoms with van der Waals surface area (Å²) in [6.07, 6.45) is 0. The van der Waals surface area contributed by atoms with E-state index in [9.17, 15) is 0 Å². The van der Waals surface area contributed by atoms with E-state index in [4.69, 9.17) is 9.52 Å². The Hall–Kier alpha value is -1.88. The molecule has 0 radical (unpaired) electrons. The first-order valence-electron chi connectivity index (χ1n) is 5.99. The third-order valence-corrected chi connectivity index (χ3v) is 2.64. The molecule has 2 aromatic rings. The van der Waals surface area contributed by atoms with Gasteiger partial charge in [0.25, 0.3) is 0 Å². The maximum Gasteiger partial charge on any atom is 0.315 e. The second-order valence-corrected chi connectivity index (χ2v) is 4.34. The molecule has 0 bridgehead atoms. The minimum atomic E-state index is 0.0286. The second-order valence-electron chi connectivity index (χ2n) is 4.34. The van der Waals surface area contributed by atoms with Crippen molar-refractivity contribution in [1.82, 2.24) is 10.2 Å². The lowest BCUT2D eigenvalue weighted by Crippen LogP contribution is -2.05. The van der Waals surface area contributed by atoms with Gasteiger partial charge in [-0.25, -0.2) is 0 Å². The number of anilines is 1. The molecule has 1 heterocycles. The van der Waals surface area contributed by atoms with Crippen LogP contribution in [0.3, 0.4) is 0 Å². The monoisotopic (exact) mass is 247 g/mol. The van der Waals surface area contributed by atoms with Crippen molar-refractivity contribution < 1.29 is 9.52 Å². The van der Waals surface area contributed by atoms with Gasteiger partial charge in [0.1, 0.15) is 0 Å². The number of nitrogens with zero attached hydrogens (tertiary/aromatic N) is 2. The molecule has 1 aromatic carbocycles. The molecule has 0 saturated carbocycles. The molecule has 0 aliphatic heterocycles. The molecular formula is C13H17N3O2. The molecule has 0 saturated heterocycles. The molecule has 1 aromatic heterocycles. The molecule has 5 nitrogen and oxygen atoms in total. The summed E-state index contributed by atoms with van der Waals surface area (Å²) in [5.41, 5.74) is 2.17. The van der Waals surface area contributed by atoms with E-state index in [2.05, 4.69) is 41.5 Å². The molecule has 96 valence electrons. The molecule has 2 N–H and O–H groups in total. The third-order valence-electron chi connectivity index (χ3n) is 2.64. The minimum absolute atomic E-state index is 0.0286. The van der Waals surface area contributed by atoms with Crippen LogP contribution in [0, 0.1) is 0 Å². The van der Waals surface area contributed by atoms with E-state index in [0.717, 1.165) is 5.56 Å². The zero-order valence-electron chi connectivity index (χ0n) is 10.6. The lowest BCUT2D eigenvalue weighted by Gasteiger charge is -2.04. The van der Waals surface area contributed by atoms with Gasteiger partial charge in [0.2, 0.25) is 5.89 Å². The van der Waals surface area contributed by atoms with Gasteiger partial charge in [0, 0.05) is 12.1 Å². The van der Waals surface area contributed by atoms with Crippen LogP contribution in [0.15, 0.2) is 28.7 Å². The SMILES string of the molecule is CC(C)c1ccc(-c2nnc(NCCO)o2)cc1. The molecule has 18 heavy (non-hydrogen) atoms. The second kappa shape index (κ2) is 5.64. The van der Waals surface area contributed by atoms with E-state index < -0.39 is 0 Å². The molecule has 0 amide bonds. The summed E-state index contributed by atoms with van der Waals surface area (Å²) in [6.45, 7) is 4.73. The van der Waals surface area contributed by atoms with Crippen molar-refractivity contribution in [3.63, 3.8) is 0 Å². The molecule has 0 fully saturated rings. The molecule has 0 spiro atoms. The molecule has 0 unspecified atom stereocenters. The fourth-order valence-electron chi connectivity index (χ4n) is 1.58. The van der Waals surface area contributed by atoms with Gasteiger partial charge >= 0.3 is 6.01 Å². The highest BCUT2D eigenvalue weighted by atomic mass is 16.4. The summed E-state index contributed by atoms with van der Waals surface area (Å²) < 4.78 is 5.43. The van der Waals surface area contributed by atoms with Gasteiger partial charge in [0.05, 0.1) is 6.61 Å². The van der Waals surface area contributed by atoms with Gasteiger partial charge in [-0.1, -0.05) is 31.1 Å². The highest BCUT2D eigenvalue weighted by Gasteiger charge is 2.08. The highest BCUT2D eigenvalue weighted by molar-refractivity contribution is 5.54. The molecular weight excluding hydrogens is 230 g/mol. The molecule has 5 heteroatoms. The number of hydrogen-bond acceptors (Lipinski definition) is 5. The fraction of sp³-hybridized carbons (Fsp3) is 0.385. The Balaban J connectivity index is 2.13. The lowest BCUT2D eigenvalue weighted by atomic mass is 10.0. The van der Waals surface area contributed by atoms with Crippen molar-refractivity contribution in [2.45, 2.75) is 19.8 Å². The Morgan fingerprint density at radius 2 is 1.94 bits per heavy atom. The van der Waals surface area contributed by atoms with E-state index >= 15 is 0 Å². The van der Waals surface area contributed by atoms with Gasteiger partial charge in [-0.05, 0) is 23.6 Å². The quantitative estimate of drug-likeness (QED) is 0.848. The minimum Gasteiger partial charge on any atom is -0.403 e. The Labute approximate surface area is 106 Å². The first kappa shape index (κ1) is 12.6. The van der Waals surface area contributed by atoms with Crippen LogP contribution in [-0.4, -0.2) is 28.5 Å². The Morgan fingerprint density at radius 1 is 1.22 bits per heavy atom. The van der Waals surface area contributed by atoms with Crippen molar-refractivity contribution in [3.8, 4) is 11.5 Å². The Morgan fingerprint density at radius 3 is 2.56 bits per heavy atom. The number of benzene rings is 1. The van der Waals surface area contributed by atoms with Crippen LogP contribution in [0.2, 0.25) is 0 Å². The van der Waals surface area contributed by atoms with E-state index in [1.54, 1.807) is 0 Å². The summed E-state index contributed by atoms with van der Waals surface area (Å²) in [5.74, 6) is 0.981. The smallest absolute Gasteiger partial charge is 0.315 e. The Kier molecular flexibility index (Phi) is 3.94. The zero-order chi connectivity index (χ0) is 13.0.